The molecule has 1 amide bonds. The molecule has 0 bridgehead atoms. The maximum atomic E-state index is 11.8. The Kier molecular flexibility index (Phi) is 4.40. The average Bonchev–Trinajstić information content (AvgIpc) is 3.08. The molecule has 2 rings (SSSR count). The summed E-state index contributed by atoms with van der Waals surface area (Å²) in [5.74, 6) is 1.20. The molecule has 2 N–H and O–H groups in total. The van der Waals surface area contributed by atoms with Crippen molar-refractivity contribution in [3.05, 3.63) is 0 Å². The molecular formula is C13H24N2O2. The fraction of sp³-hybridized carbons (Fsp3) is 0.923. The van der Waals surface area contributed by atoms with Crippen LogP contribution < -0.4 is 5.32 Å². The Hall–Kier alpha value is -0.610. The second-order valence-electron chi connectivity index (χ2n) is 5.50. The molecule has 2 unspecified atom stereocenters. The molecule has 0 radical (unpaired) electrons. The molecule has 4 heteroatoms. The summed E-state index contributed by atoms with van der Waals surface area (Å²) >= 11 is 0. The Morgan fingerprint density at radius 3 is 2.65 bits per heavy atom. The fourth-order valence-corrected chi connectivity index (χ4v) is 2.78. The first kappa shape index (κ1) is 12.8. The quantitative estimate of drug-likeness (QED) is 0.715. The van der Waals surface area contributed by atoms with E-state index in [1.807, 2.05) is 11.9 Å². The van der Waals surface area contributed by atoms with E-state index in [9.17, 15) is 9.90 Å². The molecule has 0 aromatic heterocycles. The second-order valence-corrected chi connectivity index (χ2v) is 5.50. The minimum Gasteiger partial charge on any atom is -0.396 e. The number of aliphatic hydroxyl groups excluding tert-OH is 1. The highest BCUT2D eigenvalue weighted by molar-refractivity contribution is 5.78. The summed E-state index contributed by atoms with van der Waals surface area (Å²) in [7, 11) is 1.90. The van der Waals surface area contributed by atoms with Crippen LogP contribution in [0.15, 0.2) is 0 Å². The lowest BCUT2D eigenvalue weighted by atomic mass is 9.97. The van der Waals surface area contributed by atoms with Crippen molar-refractivity contribution in [2.24, 2.45) is 11.8 Å². The number of carbonyl (C=O) groups is 1. The minimum absolute atomic E-state index is 0.200. The molecule has 2 atom stereocenters. The largest absolute Gasteiger partial charge is 0.396 e. The van der Waals surface area contributed by atoms with E-state index in [0.717, 1.165) is 25.8 Å². The summed E-state index contributed by atoms with van der Waals surface area (Å²) in [5.41, 5.74) is 0. The lowest BCUT2D eigenvalue weighted by Gasteiger charge is -2.20. The highest BCUT2D eigenvalue weighted by Gasteiger charge is 2.30. The van der Waals surface area contributed by atoms with E-state index < -0.39 is 0 Å². The maximum Gasteiger partial charge on any atom is 0.236 e. The van der Waals surface area contributed by atoms with Crippen LogP contribution in [0.5, 0.6) is 0 Å². The van der Waals surface area contributed by atoms with Crippen molar-refractivity contribution < 1.29 is 9.90 Å². The first-order valence-electron chi connectivity index (χ1n) is 6.79. The van der Waals surface area contributed by atoms with Crippen molar-refractivity contribution in [1.82, 2.24) is 10.2 Å². The highest BCUT2D eigenvalue weighted by Crippen LogP contribution is 2.30. The molecule has 0 heterocycles. The van der Waals surface area contributed by atoms with Gasteiger partial charge in [0.15, 0.2) is 0 Å². The summed E-state index contributed by atoms with van der Waals surface area (Å²) in [5, 5.41) is 12.5. The van der Waals surface area contributed by atoms with Gasteiger partial charge in [-0.25, -0.2) is 0 Å². The third-order valence-corrected chi connectivity index (χ3v) is 4.22. The number of hydrogen-bond donors (Lipinski definition) is 2. The van der Waals surface area contributed by atoms with Crippen molar-refractivity contribution >= 4 is 5.91 Å². The van der Waals surface area contributed by atoms with Gasteiger partial charge in [-0.15, -0.1) is 0 Å². The zero-order valence-electron chi connectivity index (χ0n) is 10.7. The van der Waals surface area contributed by atoms with Crippen LogP contribution in [0.25, 0.3) is 0 Å². The third kappa shape index (κ3) is 3.42. The molecule has 0 aliphatic heterocycles. The SMILES string of the molecule is CN(C(=O)CNCC1CCCC1CO)C1CC1. The molecule has 4 nitrogen and oxygen atoms in total. The molecule has 0 aromatic rings. The van der Waals surface area contributed by atoms with Crippen LogP contribution >= 0.6 is 0 Å². The standard InChI is InChI=1S/C13H24N2O2/c1-15(12-5-6-12)13(17)8-14-7-10-3-2-4-11(10)9-16/h10-12,14,16H,2-9H2,1H3. The van der Waals surface area contributed by atoms with Gasteiger partial charge in [0.25, 0.3) is 0 Å². The monoisotopic (exact) mass is 240 g/mol. The number of nitrogens with one attached hydrogen (secondary N) is 1. The number of rotatable bonds is 6. The van der Waals surface area contributed by atoms with Crippen molar-refractivity contribution in [3.8, 4) is 0 Å². The summed E-state index contributed by atoms with van der Waals surface area (Å²) in [4.78, 5) is 13.6. The van der Waals surface area contributed by atoms with E-state index in [4.69, 9.17) is 0 Å². The molecule has 98 valence electrons. The van der Waals surface area contributed by atoms with E-state index >= 15 is 0 Å². The lowest BCUT2D eigenvalue weighted by molar-refractivity contribution is -0.129. The normalized spacial score (nSPS) is 28.4. The Morgan fingerprint density at radius 1 is 1.29 bits per heavy atom. The number of carbonyl (C=O) groups excluding carboxylic acids is 1. The van der Waals surface area contributed by atoms with E-state index in [0.29, 0.717) is 31.0 Å². The van der Waals surface area contributed by atoms with Gasteiger partial charge in [0, 0.05) is 19.7 Å². The van der Waals surface area contributed by atoms with Crippen LogP contribution in [0.4, 0.5) is 0 Å². The first-order chi connectivity index (χ1) is 8.22. The van der Waals surface area contributed by atoms with Gasteiger partial charge < -0.3 is 15.3 Å². The van der Waals surface area contributed by atoms with E-state index in [1.165, 1.54) is 12.8 Å². The van der Waals surface area contributed by atoms with Gasteiger partial charge in [-0.3, -0.25) is 4.79 Å². The van der Waals surface area contributed by atoms with E-state index in [2.05, 4.69) is 5.32 Å². The van der Waals surface area contributed by atoms with Gasteiger partial charge in [-0.05, 0) is 44.1 Å². The minimum atomic E-state index is 0.200. The predicted octanol–water partition coefficient (Wildman–Crippen LogP) is 0.605. The molecule has 2 aliphatic carbocycles. The van der Waals surface area contributed by atoms with E-state index in [-0.39, 0.29) is 5.91 Å². The summed E-state index contributed by atoms with van der Waals surface area (Å²) in [6.07, 6.45) is 5.87. The number of nitrogens with zero attached hydrogens (tertiary/aromatic N) is 1. The van der Waals surface area contributed by atoms with Gasteiger partial charge in [-0.1, -0.05) is 6.42 Å². The van der Waals surface area contributed by atoms with Crippen LogP contribution in [0.1, 0.15) is 32.1 Å². The van der Waals surface area contributed by atoms with E-state index in [1.54, 1.807) is 0 Å². The second kappa shape index (κ2) is 5.83. The van der Waals surface area contributed by atoms with Gasteiger partial charge in [-0.2, -0.15) is 0 Å². The molecule has 2 saturated carbocycles. The topological polar surface area (TPSA) is 52.6 Å². The van der Waals surface area contributed by atoms with Crippen molar-refractivity contribution in [3.63, 3.8) is 0 Å². The molecule has 2 aliphatic rings. The maximum absolute atomic E-state index is 11.8. The Morgan fingerprint density at radius 2 is 2.00 bits per heavy atom. The molecule has 2 fully saturated rings. The van der Waals surface area contributed by atoms with Gasteiger partial charge >= 0.3 is 0 Å². The van der Waals surface area contributed by atoms with Crippen LogP contribution in [0, 0.1) is 11.8 Å². The average molecular weight is 240 g/mol. The zero-order chi connectivity index (χ0) is 12.3. The Balaban J connectivity index is 1.63. The van der Waals surface area contributed by atoms with Crippen LogP contribution in [0.3, 0.4) is 0 Å². The van der Waals surface area contributed by atoms with Crippen molar-refractivity contribution in [1.29, 1.82) is 0 Å². The number of likely N-dealkylation sites (N-methyl/N-ethyl adjacent to an activating group) is 1. The summed E-state index contributed by atoms with van der Waals surface area (Å²) in [6, 6.07) is 0.501. The molecule has 0 aromatic carbocycles. The smallest absolute Gasteiger partial charge is 0.236 e. The van der Waals surface area contributed by atoms with Gasteiger partial charge in [0.2, 0.25) is 5.91 Å². The van der Waals surface area contributed by atoms with Gasteiger partial charge in [0.1, 0.15) is 0 Å². The lowest BCUT2D eigenvalue weighted by Crippen LogP contribution is -2.39. The fourth-order valence-electron chi connectivity index (χ4n) is 2.78. The first-order valence-corrected chi connectivity index (χ1v) is 6.79. The molecular weight excluding hydrogens is 216 g/mol. The summed E-state index contributed by atoms with van der Waals surface area (Å²) < 4.78 is 0. The Labute approximate surface area is 103 Å². The summed E-state index contributed by atoms with van der Waals surface area (Å²) in [6.45, 7) is 1.61. The van der Waals surface area contributed by atoms with Crippen molar-refractivity contribution in [2.75, 3.05) is 26.7 Å². The molecule has 0 spiro atoms. The van der Waals surface area contributed by atoms with Crippen LogP contribution in [0.2, 0.25) is 0 Å². The Bertz CT molecular complexity index is 266. The molecule has 17 heavy (non-hydrogen) atoms. The number of amides is 1. The number of aliphatic hydroxyl groups is 1. The third-order valence-electron chi connectivity index (χ3n) is 4.22. The highest BCUT2D eigenvalue weighted by atomic mass is 16.3. The van der Waals surface area contributed by atoms with Crippen LogP contribution in [-0.2, 0) is 4.79 Å². The molecule has 0 saturated heterocycles. The van der Waals surface area contributed by atoms with Crippen LogP contribution in [-0.4, -0.2) is 48.7 Å². The zero-order valence-corrected chi connectivity index (χ0v) is 10.7. The van der Waals surface area contributed by atoms with Gasteiger partial charge in [0.05, 0.1) is 6.54 Å². The number of hydrogen-bond acceptors (Lipinski definition) is 3. The van der Waals surface area contributed by atoms with Crippen molar-refractivity contribution in [2.45, 2.75) is 38.1 Å². The predicted molar refractivity (Wildman–Crippen MR) is 66.6 cm³/mol.